The van der Waals surface area contributed by atoms with E-state index in [0.29, 0.717) is 0 Å². The first-order chi connectivity index (χ1) is 10.2. The Hall–Kier alpha value is -0.970. The Bertz CT molecular complexity index is 465. The van der Waals surface area contributed by atoms with Gasteiger partial charge < -0.3 is 14.6 Å². The molecule has 2 aliphatic heterocycles. The smallest absolute Gasteiger partial charge is 0.0823 e. The number of nitrogens with zero attached hydrogens (tertiary/aromatic N) is 1. The van der Waals surface area contributed by atoms with Crippen LogP contribution in [0.3, 0.4) is 0 Å². The molecule has 0 saturated carbocycles. The number of hydrogen-bond donors (Lipinski definition) is 1. The van der Waals surface area contributed by atoms with Crippen molar-refractivity contribution in [2.24, 2.45) is 5.92 Å². The maximum Gasteiger partial charge on any atom is 0.0823 e. The fourth-order valence-electron chi connectivity index (χ4n) is 3.70. The molecule has 116 valence electrons. The predicted octanol–water partition coefficient (Wildman–Crippen LogP) is 2.65. The zero-order valence-electron chi connectivity index (χ0n) is 12.8. The van der Waals surface area contributed by atoms with Gasteiger partial charge in [-0.3, -0.25) is 4.98 Å². The summed E-state index contributed by atoms with van der Waals surface area (Å²) >= 11 is 0. The number of aliphatic hydroxyl groups excluding tert-OH is 1. The van der Waals surface area contributed by atoms with E-state index in [9.17, 15) is 5.11 Å². The second-order valence-corrected chi connectivity index (χ2v) is 6.27. The summed E-state index contributed by atoms with van der Waals surface area (Å²) in [5.74, 6) is 0.268. The average Bonchev–Trinajstić information content (AvgIpc) is 2.55. The highest BCUT2D eigenvalue weighted by molar-refractivity contribution is 5.26. The van der Waals surface area contributed by atoms with E-state index >= 15 is 0 Å². The number of pyridine rings is 1. The van der Waals surface area contributed by atoms with E-state index in [2.05, 4.69) is 11.9 Å². The van der Waals surface area contributed by atoms with Gasteiger partial charge in [-0.05, 0) is 55.2 Å². The van der Waals surface area contributed by atoms with Gasteiger partial charge in [-0.25, -0.2) is 0 Å². The van der Waals surface area contributed by atoms with Gasteiger partial charge in [0.05, 0.1) is 11.7 Å². The minimum absolute atomic E-state index is 0.0679. The number of ether oxygens (including phenoxy) is 2. The molecule has 21 heavy (non-hydrogen) atoms. The van der Waals surface area contributed by atoms with Gasteiger partial charge in [0.25, 0.3) is 0 Å². The molecule has 4 heteroatoms. The molecular weight excluding hydrogens is 266 g/mol. The van der Waals surface area contributed by atoms with E-state index in [1.807, 2.05) is 12.3 Å². The SMILES string of the molecule is CCc1cnccc1C(O)C1CCOC2(CCOCC2)C1. The molecule has 0 bridgehead atoms. The van der Waals surface area contributed by atoms with Crippen molar-refractivity contribution in [2.45, 2.75) is 50.7 Å². The van der Waals surface area contributed by atoms with Crippen molar-refractivity contribution < 1.29 is 14.6 Å². The Morgan fingerprint density at radius 1 is 1.38 bits per heavy atom. The Labute approximate surface area is 126 Å². The van der Waals surface area contributed by atoms with Gasteiger partial charge in [0.15, 0.2) is 0 Å². The Kier molecular flexibility index (Phi) is 4.57. The van der Waals surface area contributed by atoms with Crippen molar-refractivity contribution in [1.29, 1.82) is 0 Å². The van der Waals surface area contributed by atoms with E-state index in [1.165, 1.54) is 0 Å². The fourth-order valence-corrected chi connectivity index (χ4v) is 3.70. The summed E-state index contributed by atoms with van der Waals surface area (Å²) in [6, 6.07) is 1.97. The van der Waals surface area contributed by atoms with Crippen molar-refractivity contribution in [3.63, 3.8) is 0 Å². The zero-order chi connectivity index (χ0) is 14.7. The van der Waals surface area contributed by atoms with Gasteiger partial charge >= 0.3 is 0 Å². The maximum absolute atomic E-state index is 10.9. The Balaban J connectivity index is 1.76. The molecule has 1 aromatic rings. The van der Waals surface area contributed by atoms with Crippen molar-refractivity contribution in [2.75, 3.05) is 19.8 Å². The third kappa shape index (κ3) is 3.12. The standard InChI is InChI=1S/C17H25NO3/c1-2-13-12-18-7-3-15(13)16(19)14-4-8-21-17(11-14)5-9-20-10-6-17/h3,7,12,14,16,19H,2,4-6,8-11H2,1H3. The number of aryl methyl sites for hydroxylation is 1. The van der Waals surface area contributed by atoms with Crippen LogP contribution in [0, 0.1) is 5.92 Å². The average molecular weight is 291 g/mol. The van der Waals surface area contributed by atoms with E-state index in [4.69, 9.17) is 9.47 Å². The highest BCUT2D eigenvalue weighted by Gasteiger charge is 2.41. The van der Waals surface area contributed by atoms with Crippen LogP contribution in [0.1, 0.15) is 49.8 Å². The van der Waals surface area contributed by atoms with Crippen LogP contribution in [0.5, 0.6) is 0 Å². The third-order valence-electron chi connectivity index (χ3n) is 5.02. The molecule has 1 N–H and O–H groups in total. The first kappa shape index (κ1) is 14.9. The molecule has 2 fully saturated rings. The van der Waals surface area contributed by atoms with Gasteiger partial charge in [-0.15, -0.1) is 0 Å². The lowest BCUT2D eigenvalue weighted by Gasteiger charge is -2.44. The van der Waals surface area contributed by atoms with Crippen molar-refractivity contribution in [1.82, 2.24) is 4.98 Å². The van der Waals surface area contributed by atoms with Gasteiger partial charge in [0.2, 0.25) is 0 Å². The Morgan fingerprint density at radius 3 is 2.95 bits per heavy atom. The van der Waals surface area contributed by atoms with E-state index < -0.39 is 6.10 Å². The number of aromatic nitrogens is 1. The van der Waals surface area contributed by atoms with Crippen LogP contribution in [0.2, 0.25) is 0 Å². The number of rotatable bonds is 3. The van der Waals surface area contributed by atoms with Crippen LogP contribution in [0.4, 0.5) is 0 Å². The predicted molar refractivity (Wildman–Crippen MR) is 80.0 cm³/mol. The molecule has 0 radical (unpaired) electrons. The molecule has 0 aromatic carbocycles. The summed E-state index contributed by atoms with van der Waals surface area (Å²) < 4.78 is 11.5. The van der Waals surface area contributed by atoms with E-state index in [-0.39, 0.29) is 11.5 Å². The maximum atomic E-state index is 10.9. The zero-order valence-corrected chi connectivity index (χ0v) is 12.8. The number of aliphatic hydroxyl groups is 1. The van der Waals surface area contributed by atoms with Crippen LogP contribution in [0.25, 0.3) is 0 Å². The second kappa shape index (κ2) is 6.42. The topological polar surface area (TPSA) is 51.6 Å². The highest BCUT2D eigenvalue weighted by atomic mass is 16.5. The molecule has 0 aliphatic carbocycles. The summed E-state index contributed by atoms with van der Waals surface area (Å²) in [7, 11) is 0. The molecule has 4 nitrogen and oxygen atoms in total. The third-order valence-corrected chi connectivity index (χ3v) is 5.02. The van der Waals surface area contributed by atoms with Crippen LogP contribution in [-0.4, -0.2) is 35.5 Å². The molecule has 2 atom stereocenters. The quantitative estimate of drug-likeness (QED) is 0.930. The van der Waals surface area contributed by atoms with Crippen LogP contribution < -0.4 is 0 Å². The van der Waals surface area contributed by atoms with Gasteiger partial charge in [0.1, 0.15) is 0 Å². The monoisotopic (exact) mass is 291 g/mol. The van der Waals surface area contributed by atoms with Gasteiger partial charge in [-0.2, -0.15) is 0 Å². The van der Waals surface area contributed by atoms with Crippen LogP contribution in [0.15, 0.2) is 18.5 Å². The second-order valence-electron chi connectivity index (χ2n) is 6.27. The van der Waals surface area contributed by atoms with Crippen molar-refractivity contribution in [3.8, 4) is 0 Å². The van der Waals surface area contributed by atoms with Gasteiger partial charge in [-0.1, -0.05) is 6.92 Å². The molecule has 3 heterocycles. The number of hydrogen-bond acceptors (Lipinski definition) is 4. The van der Waals surface area contributed by atoms with E-state index in [1.54, 1.807) is 6.20 Å². The first-order valence-electron chi connectivity index (χ1n) is 8.07. The minimum Gasteiger partial charge on any atom is -0.388 e. The van der Waals surface area contributed by atoms with Crippen LogP contribution in [-0.2, 0) is 15.9 Å². The lowest BCUT2D eigenvalue weighted by molar-refractivity contribution is -0.159. The molecule has 2 saturated heterocycles. The molecule has 2 aliphatic rings. The molecule has 1 aromatic heterocycles. The normalized spacial score (nSPS) is 26.7. The summed E-state index contributed by atoms with van der Waals surface area (Å²) in [4.78, 5) is 4.17. The summed E-state index contributed by atoms with van der Waals surface area (Å²) in [5, 5.41) is 10.9. The molecule has 2 unspecified atom stereocenters. The molecule has 0 amide bonds. The summed E-state index contributed by atoms with van der Waals surface area (Å²) in [6.45, 7) is 4.40. The Morgan fingerprint density at radius 2 is 2.19 bits per heavy atom. The highest BCUT2D eigenvalue weighted by Crippen LogP contribution is 2.42. The van der Waals surface area contributed by atoms with Crippen molar-refractivity contribution in [3.05, 3.63) is 29.6 Å². The largest absolute Gasteiger partial charge is 0.388 e. The lowest BCUT2D eigenvalue weighted by Crippen LogP contribution is -2.45. The summed E-state index contributed by atoms with van der Waals surface area (Å²) in [5.41, 5.74) is 2.13. The molecule has 3 rings (SSSR count). The van der Waals surface area contributed by atoms with Gasteiger partial charge in [0, 0.05) is 32.2 Å². The van der Waals surface area contributed by atoms with E-state index in [0.717, 1.165) is 63.1 Å². The lowest BCUT2D eigenvalue weighted by atomic mass is 9.77. The van der Waals surface area contributed by atoms with Crippen molar-refractivity contribution >= 4 is 0 Å². The molecule has 1 spiro atoms. The minimum atomic E-state index is -0.411. The van der Waals surface area contributed by atoms with Crippen LogP contribution >= 0.6 is 0 Å². The summed E-state index contributed by atoms with van der Waals surface area (Å²) in [6.07, 6.45) is 7.91. The molecular formula is C17H25NO3. The first-order valence-corrected chi connectivity index (χ1v) is 8.07. The fraction of sp³-hybridized carbons (Fsp3) is 0.706.